The van der Waals surface area contributed by atoms with E-state index >= 15 is 0 Å². The SMILES string of the molecule is Cc1cnn([C@@H]2CCCN(C(=O)NCC3CCC(F)(F)CC3)C2)c1. The quantitative estimate of drug-likeness (QED) is 0.917. The third-order valence-electron chi connectivity index (χ3n) is 5.17. The van der Waals surface area contributed by atoms with E-state index in [2.05, 4.69) is 10.4 Å². The number of carbonyl (C=O) groups excluding carboxylic acids is 1. The number of alkyl halides is 2. The first kappa shape index (κ1) is 17.2. The fourth-order valence-electron chi connectivity index (χ4n) is 3.64. The van der Waals surface area contributed by atoms with E-state index in [0.29, 0.717) is 25.9 Å². The Bertz CT molecular complexity index is 565. The minimum absolute atomic E-state index is 0.0576. The van der Waals surface area contributed by atoms with Gasteiger partial charge in [-0.2, -0.15) is 5.10 Å². The predicted octanol–water partition coefficient (Wildman–Crippen LogP) is 3.36. The molecule has 3 rings (SSSR count). The summed E-state index contributed by atoms with van der Waals surface area (Å²) in [5.41, 5.74) is 1.12. The van der Waals surface area contributed by atoms with Crippen molar-refractivity contribution in [2.24, 2.45) is 5.92 Å². The zero-order chi connectivity index (χ0) is 17.2. The number of aryl methyl sites for hydroxylation is 1. The average molecular weight is 340 g/mol. The van der Waals surface area contributed by atoms with Gasteiger partial charge >= 0.3 is 6.03 Å². The molecular formula is C17H26F2N4O. The molecule has 0 radical (unpaired) electrons. The van der Waals surface area contributed by atoms with Crippen LogP contribution in [0.3, 0.4) is 0 Å². The fraction of sp³-hybridized carbons (Fsp3) is 0.765. The maximum Gasteiger partial charge on any atom is 0.317 e. The van der Waals surface area contributed by atoms with E-state index in [1.165, 1.54) is 0 Å². The Labute approximate surface area is 141 Å². The molecule has 2 fully saturated rings. The van der Waals surface area contributed by atoms with E-state index in [4.69, 9.17) is 0 Å². The van der Waals surface area contributed by atoms with Gasteiger partial charge in [0, 0.05) is 38.7 Å². The van der Waals surface area contributed by atoms with Crippen LogP contribution in [0.25, 0.3) is 0 Å². The van der Waals surface area contributed by atoms with Crippen LogP contribution in [0.5, 0.6) is 0 Å². The average Bonchev–Trinajstić information content (AvgIpc) is 3.00. The van der Waals surface area contributed by atoms with Gasteiger partial charge in [0.25, 0.3) is 0 Å². The number of halogens is 2. The van der Waals surface area contributed by atoms with Gasteiger partial charge in [0.05, 0.1) is 12.2 Å². The van der Waals surface area contributed by atoms with Gasteiger partial charge in [0.1, 0.15) is 0 Å². The van der Waals surface area contributed by atoms with E-state index in [1.54, 1.807) is 0 Å². The first-order valence-electron chi connectivity index (χ1n) is 8.84. The third kappa shape index (κ3) is 4.24. The molecule has 0 bridgehead atoms. The number of piperidine rings is 1. The summed E-state index contributed by atoms with van der Waals surface area (Å²) in [6, 6.07) is 0.132. The Morgan fingerprint density at radius 3 is 2.79 bits per heavy atom. The monoisotopic (exact) mass is 340 g/mol. The third-order valence-corrected chi connectivity index (χ3v) is 5.17. The molecule has 2 heterocycles. The molecule has 7 heteroatoms. The highest BCUT2D eigenvalue weighted by Crippen LogP contribution is 2.35. The molecule has 1 saturated carbocycles. The van der Waals surface area contributed by atoms with Crippen molar-refractivity contribution >= 4 is 6.03 Å². The van der Waals surface area contributed by atoms with Crippen molar-refractivity contribution in [1.82, 2.24) is 20.0 Å². The number of hydrogen-bond acceptors (Lipinski definition) is 2. The Hall–Kier alpha value is -1.66. The lowest BCUT2D eigenvalue weighted by Crippen LogP contribution is -2.47. The molecule has 24 heavy (non-hydrogen) atoms. The van der Waals surface area contributed by atoms with E-state index < -0.39 is 5.92 Å². The van der Waals surface area contributed by atoms with Crippen LogP contribution in [0.15, 0.2) is 12.4 Å². The molecular weight excluding hydrogens is 314 g/mol. The van der Waals surface area contributed by atoms with Crippen LogP contribution < -0.4 is 5.32 Å². The molecule has 1 atom stereocenters. The molecule has 1 aliphatic carbocycles. The second-order valence-electron chi connectivity index (χ2n) is 7.23. The lowest BCUT2D eigenvalue weighted by Gasteiger charge is -2.34. The minimum atomic E-state index is -2.51. The summed E-state index contributed by atoms with van der Waals surface area (Å²) in [7, 11) is 0. The van der Waals surface area contributed by atoms with Gasteiger partial charge < -0.3 is 10.2 Å². The predicted molar refractivity (Wildman–Crippen MR) is 87.1 cm³/mol. The summed E-state index contributed by atoms with van der Waals surface area (Å²) < 4.78 is 28.3. The lowest BCUT2D eigenvalue weighted by atomic mass is 9.87. The molecule has 1 aliphatic heterocycles. The number of rotatable bonds is 3. The summed E-state index contributed by atoms with van der Waals surface area (Å²) in [6.07, 6.45) is 6.67. The maximum atomic E-state index is 13.2. The zero-order valence-electron chi connectivity index (χ0n) is 14.2. The van der Waals surface area contributed by atoms with Crippen LogP contribution >= 0.6 is 0 Å². The molecule has 1 aromatic rings. The van der Waals surface area contributed by atoms with E-state index in [1.807, 2.05) is 28.9 Å². The minimum Gasteiger partial charge on any atom is -0.338 e. The van der Waals surface area contributed by atoms with Crippen LogP contribution in [-0.4, -0.2) is 46.3 Å². The van der Waals surface area contributed by atoms with Crippen LogP contribution in [0.4, 0.5) is 13.6 Å². The number of likely N-dealkylation sites (tertiary alicyclic amines) is 1. The van der Waals surface area contributed by atoms with Gasteiger partial charge in [-0.15, -0.1) is 0 Å². The summed E-state index contributed by atoms with van der Waals surface area (Å²) in [5.74, 6) is -2.34. The summed E-state index contributed by atoms with van der Waals surface area (Å²) in [5, 5.41) is 7.29. The topological polar surface area (TPSA) is 50.2 Å². The Kier molecular flexibility index (Phi) is 5.06. The number of aromatic nitrogens is 2. The fourth-order valence-corrected chi connectivity index (χ4v) is 3.64. The van der Waals surface area contributed by atoms with E-state index in [-0.39, 0.29) is 30.8 Å². The number of nitrogens with one attached hydrogen (secondary N) is 1. The molecule has 0 spiro atoms. The highest BCUT2D eigenvalue weighted by atomic mass is 19.3. The van der Waals surface area contributed by atoms with E-state index in [9.17, 15) is 13.6 Å². The largest absolute Gasteiger partial charge is 0.338 e. The highest BCUT2D eigenvalue weighted by molar-refractivity contribution is 5.74. The van der Waals surface area contributed by atoms with E-state index in [0.717, 1.165) is 24.9 Å². The van der Waals surface area contributed by atoms with Gasteiger partial charge in [-0.3, -0.25) is 4.68 Å². The van der Waals surface area contributed by atoms with Crippen molar-refractivity contribution in [3.63, 3.8) is 0 Å². The van der Waals surface area contributed by atoms with Gasteiger partial charge in [-0.1, -0.05) is 0 Å². The van der Waals surface area contributed by atoms with Crippen LogP contribution in [0, 0.1) is 12.8 Å². The number of urea groups is 1. The first-order valence-corrected chi connectivity index (χ1v) is 8.84. The Morgan fingerprint density at radius 1 is 1.38 bits per heavy atom. The van der Waals surface area contributed by atoms with Crippen molar-refractivity contribution in [1.29, 1.82) is 0 Å². The standard InChI is InChI=1S/C17H26F2N4O/c1-13-9-21-23(11-13)15-3-2-8-22(12-15)16(24)20-10-14-4-6-17(18,19)7-5-14/h9,11,14-15H,2-8,10,12H2,1H3,(H,20,24)/t15-/m1/s1. The summed E-state index contributed by atoms with van der Waals surface area (Å²) in [6.45, 7) is 3.89. The molecule has 2 amide bonds. The maximum absolute atomic E-state index is 13.2. The van der Waals surface area contributed by atoms with Gasteiger partial charge in [-0.25, -0.2) is 13.6 Å². The number of amides is 2. The molecule has 1 N–H and O–H groups in total. The summed E-state index contributed by atoms with van der Waals surface area (Å²) in [4.78, 5) is 14.2. The molecule has 1 aromatic heterocycles. The van der Waals surface area contributed by atoms with Crippen LogP contribution in [0.1, 0.15) is 50.1 Å². The van der Waals surface area contributed by atoms with Gasteiger partial charge in [-0.05, 0) is 44.1 Å². The number of carbonyl (C=O) groups is 1. The summed E-state index contributed by atoms with van der Waals surface area (Å²) >= 11 is 0. The number of hydrogen-bond donors (Lipinski definition) is 1. The van der Waals surface area contributed by atoms with Gasteiger partial charge in [0.15, 0.2) is 0 Å². The second kappa shape index (κ2) is 7.07. The lowest BCUT2D eigenvalue weighted by molar-refractivity contribution is -0.0452. The van der Waals surface area contributed by atoms with Crippen LogP contribution in [-0.2, 0) is 0 Å². The second-order valence-corrected chi connectivity index (χ2v) is 7.23. The zero-order valence-corrected chi connectivity index (χ0v) is 14.2. The van der Waals surface area contributed by atoms with Crippen LogP contribution in [0.2, 0.25) is 0 Å². The smallest absolute Gasteiger partial charge is 0.317 e. The van der Waals surface area contributed by atoms with Crippen molar-refractivity contribution in [2.75, 3.05) is 19.6 Å². The molecule has 5 nitrogen and oxygen atoms in total. The molecule has 134 valence electrons. The molecule has 0 aromatic carbocycles. The molecule has 0 unspecified atom stereocenters. The molecule has 1 saturated heterocycles. The van der Waals surface area contributed by atoms with Crippen molar-refractivity contribution < 1.29 is 13.6 Å². The Morgan fingerprint density at radius 2 is 2.12 bits per heavy atom. The normalized spacial score (nSPS) is 24.8. The highest BCUT2D eigenvalue weighted by Gasteiger charge is 2.35. The number of nitrogens with zero attached hydrogens (tertiary/aromatic N) is 3. The Balaban J connectivity index is 1.46. The first-order chi connectivity index (χ1) is 11.4. The van der Waals surface area contributed by atoms with Crippen molar-refractivity contribution in [3.8, 4) is 0 Å². The molecule has 2 aliphatic rings. The van der Waals surface area contributed by atoms with Gasteiger partial charge in [0.2, 0.25) is 5.92 Å². The van der Waals surface area contributed by atoms with Crippen molar-refractivity contribution in [2.45, 2.75) is 57.4 Å². The van der Waals surface area contributed by atoms with Crippen molar-refractivity contribution in [3.05, 3.63) is 18.0 Å².